The predicted octanol–water partition coefficient (Wildman–Crippen LogP) is 0.401. The zero-order valence-corrected chi connectivity index (χ0v) is 9.23. The third-order valence-electron chi connectivity index (χ3n) is 2.31. The topological polar surface area (TPSA) is 78.8 Å². The van der Waals surface area contributed by atoms with E-state index in [-0.39, 0.29) is 17.5 Å². The zero-order chi connectivity index (χ0) is 12.1. The number of nitrogens with one attached hydrogen (secondary N) is 1. The Morgan fingerprint density at radius 3 is 2.62 bits per heavy atom. The molecule has 0 heterocycles. The van der Waals surface area contributed by atoms with E-state index < -0.39 is 6.04 Å². The number of carbonyl (C=O) groups is 1. The lowest BCUT2D eigenvalue weighted by Crippen LogP contribution is -2.36. The van der Waals surface area contributed by atoms with Crippen LogP contribution in [0.1, 0.15) is 5.56 Å². The molecule has 0 bridgehead atoms. The Balaban J connectivity index is 2.78. The summed E-state index contributed by atoms with van der Waals surface area (Å²) in [6.45, 7) is 0. The molecule has 0 unspecified atom stereocenters. The molecule has 5 heteroatoms. The van der Waals surface area contributed by atoms with Gasteiger partial charge in [-0.2, -0.15) is 0 Å². The molecule has 1 aromatic carbocycles. The van der Waals surface area contributed by atoms with Gasteiger partial charge in [0.2, 0.25) is 0 Å². The van der Waals surface area contributed by atoms with Crippen molar-refractivity contribution < 1.29 is 19.7 Å². The van der Waals surface area contributed by atoms with Crippen LogP contribution in [0.25, 0.3) is 0 Å². The maximum atomic E-state index is 11.3. The van der Waals surface area contributed by atoms with E-state index in [0.717, 1.165) is 5.56 Å². The van der Waals surface area contributed by atoms with Gasteiger partial charge in [0.1, 0.15) is 6.04 Å². The second kappa shape index (κ2) is 5.37. The van der Waals surface area contributed by atoms with Crippen LogP contribution < -0.4 is 5.32 Å². The number of methoxy groups -OCH3 is 1. The molecule has 0 amide bonds. The lowest BCUT2D eigenvalue weighted by molar-refractivity contribution is -0.142. The van der Waals surface area contributed by atoms with Crippen molar-refractivity contribution in [1.82, 2.24) is 5.32 Å². The van der Waals surface area contributed by atoms with Crippen LogP contribution in [0.5, 0.6) is 11.5 Å². The third-order valence-corrected chi connectivity index (χ3v) is 2.31. The van der Waals surface area contributed by atoms with Crippen LogP contribution >= 0.6 is 0 Å². The molecule has 1 aromatic rings. The summed E-state index contributed by atoms with van der Waals surface area (Å²) < 4.78 is 4.62. The molecule has 5 nitrogen and oxygen atoms in total. The van der Waals surface area contributed by atoms with E-state index in [0.29, 0.717) is 6.42 Å². The van der Waals surface area contributed by atoms with Gasteiger partial charge in [-0.1, -0.05) is 6.07 Å². The molecule has 1 atom stereocenters. The van der Waals surface area contributed by atoms with Gasteiger partial charge in [0.15, 0.2) is 11.5 Å². The number of benzene rings is 1. The van der Waals surface area contributed by atoms with Crippen LogP contribution in [-0.4, -0.2) is 36.4 Å². The quantitative estimate of drug-likeness (QED) is 0.510. The fourth-order valence-electron chi connectivity index (χ4n) is 1.38. The van der Waals surface area contributed by atoms with Crippen molar-refractivity contribution in [2.24, 2.45) is 0 Å². The number of ether oxygens (including phenoxy) is 1. The first-order valence-corrected chi connectivity index (χ1v) is 4.84. The number of phenols is 2. The van der Waals surface area contributed by atoms with Crippen LogP contribution in [-0.2, 0) is 16.0 Å². The van der Waals surface area contributed by atoms with E-state index >= 15 is 0 Å². The Morgan fingerprint density at radius 1 is 1.44 bits per heavy atom. The van der Waals surface area contributed by atoms with Gasteiger partial charge in [0, 0.05) is 0 Å². The summed E-state index contributed by atoms with van der Waals surface area (Å²) in [4.78, 5) is 11.3. The molecule has 0 radical (unpaired) electrons. The van der Waals surface area contributed by atoms with Gasteiger partial charge in [0.25, 0.3) is 0 Å². The highest BCUT2D eigenvalue weighted by Gasteiger charge is 2.17. The molecule has 0 aliphatic rings. The first kappa shape index (κ1) is 12.3. The standard InChI is InChI=1S/C11H15NO4/c1-12-8(11(15)16-2)5-7-3-4-9(13)10(14)6-7/h3-4,6,8,12-14H,5H2,1-2H3/t8-/m0/s1. The second-order valence-electron chi connectivity index (χ2n) is 3.39. The van der Waals surface area contributed by atoms with Gasteiger partial charge in [-0.05, 0) is 31.2 Å². The summed E-state index contributed by atoms with van der Waals surface area (Å²) in [6.07, 6.45) is 0.386. The Kier molecular flexibility index (Phi) is 4.13. The van der Waals surface area contributed by atoms with Crippen molar-refractivity contribution in [3.05, 3.63) is 23.8 Å². The van der Waals surface area contributed by atoms with Gasteiger partial charge < -0.3 is 20.3 Å². The van der Waals surface area contributed by atoms with E-state index in [1.54, 1.807) is 13.1 Å². The van der Waals surface area contributed by atoms with Crippen LogP contribution in [0.2, 0.25) is 0 Å². The maximum Gasteiger partial charge on any atom is 0.323 e. The molecule has 0 saturated heterocycles. The summed E-state index contributed by atoms with van der Waals surface area (Å²) in [6, 6.07) is 3.98. The van der Waals surface area contributed by atoms with Gasteiger partial charge in [-0.25, -0.2) is 0 Å². The summed E-state index contributed by atoms with van der Waals surface area (Å²) in [5, 5.41) is 21.2. The van der Waals surface area contributed by atoms with Crippen molar-refractivity contribution >= 4 is 5.97 Å². The molecule has 88 valence electrons. The van der Waals surface area contributed by atoms with E-state index in [1.165, 1.54) is 19.2 Å². The lowest BCUT2D eigenvalue weighted by atomic mass is 10.1. The van der Waals surface area contributed by atoms with Crippen molar-refractivity contribution in [1.29, 1.82) is 0 Å². The van der Waals surface area contributed by atoms with Crippen molar-refractivity contribution in [3.63, 3.8) is 0 Å². The van der Waals surface area contributed by atoms with E-state index in [2.05, 4.69) is 10.1 Å². The van der Waals surface area contributed by atoms with Gasteiger partial charge in [-0.15, -0.1) is 0 Å². The fourth-order valence-corrected chi connectivity index (χ4v) is 1.38. The first-order valence-electron chi connectivity index (χ1n) is 4.84. The molecule has 3 N–H and O–H groups in total. The maximum absolute atomic E-state index is 11.3. The number of rotatable bonds is 4. The Bertz CT molecular complexity index is 378. The minimum absolute atomic E-state index is 0.178. The number of esters is 1. The molecule has 0 aliphatic heterocycles. The average Bonchev–Trinajstić information content (AvgIpc) is 2.29. The van der Waals surface area contributed by atoms with Crippen molar-refractivity contribution in [2.75, 3.05) is 14.2 Å². The van der Waals surface area contributed by atoms with E-state index in [1.807, 2.05) is 0 Å². The fraction of sp³-hybridized carbons (Fsp3) is 0.364. The highest BCUT2D eigenvalue weighted by molar-refractivity contribution is 5.76. The van der Waals surface area contributed by atoms with Crippen LogP contribution in [0.3, 0.4) is 0 Å². The van der Waals surface area contributed by atoms with E-state index in [4.69, 9.17) is 5.11 Å². The van der Waals surface area contributed by atoms with Gasteiger partial charge in [0.05, 0.1) is 7.11 Å². The smallest absolute Gasteiger partial charge is 0.323 e. The highest BCUT2D eigenvalue weighted by atomic mass is 16.5. The number of hydrogen-bond donors (Lipinski definition) is 3. The summed E-state index contributed by atoms with van der Waals surface area (Å²) in [7, 11) is 2.98. The Hall–Kier alpha value is -1.75. The number of phenolic OH excluding ortho intramolecular Hbond substituents is 2. The summed E-state index contributed by atoms with van der Waals surface area (Å²) >= 11 is 0. The number of hydrogen-bond acceptors (Lipinski definition) is 5. The first-order chi connectivity index (χ1) is 7.58. The van der Waals surface area contributed by atoms with Crippen LogP contribution in [0, 0.1) is 0 Å². The molecular weight excluding hydrogens is 210 g/mol. The minimum atomic E-state index is -0.464. The van der Waals surface area contributed by atoms with Gasteiger partial charge in [-0.3, -0.25) is 4.79 Å². The molecule has 0 aromatic heterocycles. The van der Waals surface area contributed by atoms with Crippen molar-refractivity contribution in [2.45, 2.75) is 12.5 Å². The molecule has 16 heavy (non-hydrogen) atoms. The molecular formula is C11H15NO4. The molecule has 0 saturated carbocycles. The average molecular weight is 225 g/mol. The summed E-state index contributed by atoms with van der Waals surface area (Å²) in [5.74, 6) is -0.741. The molecule has 1 rings (SSSR count). The predicted molar refractivity (Wildman–Crippen MR) is 58.3 cm³/mol. The van der Waals surface area contributed by atoms with Gasteiger partial charge >= 0.3 is 5.97 Å². The lowest BCUT2D eigenvalue weighted by Gasteiger charge is -2.13. The van der Waals surface area contributed by atoms with Crippen molar-refractivity contribution in [3.8, 4) is 11.5 Å². The molecule has 0 fully saturated rings. The van der Waals surface area contributed by atoms with Crippen LogP contribution in [0.15, 0.2) is 18.2 Å². The molecule has 0 aliphatic carbocycles. The minimum Gasteiger partial charge on any atom is -0.504 e. The highest BCUT2D eigenvalue weighted by Crippen LogP contribution is 2.25. The normalized spacial score (nSPS) is 12.1. The monoisotopic (exact) mass is 225 g/mol. The van der Waals surface area contributed by atoms with Crippen LogP contribution in [0.4, 0.5) is 0 Å². The Morgan fingerprint density at radius 2 is 2.12 bits per heavy atom. The largest absolute Gasteiger partial charge is 0.504 e. The second-order valence-corrected chi connectivity index (χ2v) is 3.39. The Labute approximate surface area is 93.7 Å². The zero-order valence-electron chi connectivity index (χ0n) is 9.23. The van der Waals surface area contributed by atoms with E-state index in [9.17, 15) is 9.90 Å². The number of aromatic hydroxyl groups is 2. The molecule has 0 spiro atoms. The summed E-state index contributed by atoms with van der Waals surface area (Å²) in [5.41, 5.74) is 0.736. The number of carbonyl (C=O) groups excluding carboxylic acids is 1. The third kappa shape index (κ3) is 2.87. The SMILES string of the molecule is CN[C@@H](Cc1ccc(O)c(O)c1)C(=O)OC. The number of likely N-dealkylation sites (N-methyl/N-ethyl adjacent to an activating group) is 1.